The Morgan fingerprint density at radius 2 is 1.86 bits per heavy atom. The molecule has 0 N–H and O–H groups in total. The minimum atomic E-state index is -0.653. The number of nitrogens with zero attached hydrogens (tertiary/aromatic N) is 6. The van der Waals surface area contributed by atoms with Crippen molar-refractivity contribution in [3.05, 3.63) is 33.8 Å². The van der Waals surface area contributed by atoms with Gasteiger partial charge in [-0.2, -0.15) is 0 Å². The maximum atomic E-state index is 12.9. The van der Waals surface area contributed by atoms with Gasteiger partial charge < -0.3 is 0 Å². The summed E-state index contributed by atoms with van der Waals surface area (Å²) in [6, 6.07) is 4.19. The first-order chi connectivity index (χ1) is 13.2. The smallest absolute Gasteiger partial charge is 0.270 e. The molecule has 146 valence electrons. The van der Waals surface area contributed by atoms with Crippen LogP contribution in [0.2, 0.25) is 10.0 Å². The Balaban J connectivity index is 1.76. The zero-order chi connectivity index (χ0) is 20.3. The quantitative estimate of drug-likeness (QED) is 0.687. The van der Waals surface area contributed by atoms with Gasteiger partial charge in [0.2, 0.25) is 11.9 Å². The Morgan fingerprint density at radius 1 is 1.14 bits per heavy atom. The van der Waals surface area contributed by atoms with E-state index < -0.39 is 12.1 Å². The Bertz CT molecular complexity index is 1000. The highest BCUT2D eigenvalue weighted by atomic mass is 35.5. The monoisotopic (exact) mass is 421 g/mol. The molecule has 1 saturated heterocycles. The van der Waals surface area contributed by atoms with Gasteiger partial charge in [0.15, 0.2) is 0 Å². The second kappa shape index (κ2) is 6.56. The Kier molecular flexibility index (Phi) is 4.43. The third-order valence-corrected chi connectivity index (χ3v) is 6.04. The van der Waals surface area contributed by atoms with Crippen molar-refractivity contribution in [2.24, 2.45) is 10.1 Å². The molecule has 10 heteroatoms. The van der Waals surface area contributed by atoms with Crippen LogP contribution >= 0.6 is 23.2 Å². The molecule has 0 bridgehead atoms. The van der Waals surface area contributed by atoms with Gasteiger partial charge in [-0.15, -0.1) is 10.1 Å². The first kappa shape index (κ1) is 18.9. The number of amides is 3. The molecule has 1 aromatic rings. The van der Waals surface area contributed by atoms with Gasteiger partial charge in [0, 0.05) is 14.1 Å². The van der Waals surface area contributed by atoms with Crippen molar-refractivity contribution >= 4 is 52.6 Å². The molecule has 4 rings (SSSR count). The molecule has 0 radical (unpaired) electrons. The number of halogens is 2. The number of urea groups is 1. The molecule has 0 aliphatic carbocycles. The number of hydrogen-bond donors (Lipinski definition) is 0. The second-order valence-electron chi connectivity index (χ2n) is 7.04. The standard InChI is InChI=1S/C18H19Cl2N6O2/c1-9-10(2)26-14-15(23(3)18(28)24(4)16(14)27)21-17(26)25(22-9)8-11-5-6-12(19)13(20)7-11/h5-7,10,14H,8H2,1-4H3/q+1. The first-order valence-corrected chi connectivity index (χ1v) is 9.52. The van der Waals surface area contributed by atoms with Crippen LogP contribution in [-0.4, -0.2) is 75.0 Å². The number of rotatable bonds is 2. The van der Waals surface area contributed by atoms with Gasteiger partial charge in [-0.1, -0.05) is 34.3 Å². The van der Waals surface area contributed by atoms with Crippen LogP contribution in [-0.2, 0) is 11.3 Å². The number of hydrogen-bond acceptors (Lipinski definition) is 5. The lowest BCUT2D eigenvalue weighted by Crippen LogP contribution is -2.63. The van der Waals surface area contributed by atoms with Crippen molar-refractivity contribution in [3.8, 4) is 0 Å². The van der Waals surface area contributed by atoms with E-state index in [2.05, 4.69) is 10.1 Å². The minimum Gasteiger partial charge on any atom is -0.270 e. The van der Waals surface area contributed by atoms with E-state index in [1.54, 1.807) is 24.2 Å². The van der Waals surface area contributed by atoms with E-state index in [1.165, 1.54) is 11.9 Å². The van der Waals surface area contributed by atoms with Crippen LogP contribution in [0.1, 0.15) is 19.4 Å². The highest BCUT2D eigenvalue weighted by molar-refractivity contribution is 6.42. The van der Waals surface area contributed by atoms with Crippen molar-refractivity contribution < 1.29 is 14.2 Å². The molecule has 8 nitrogen and oxygen atoms in total. The Hall–Kier alpha value is -2.45. The van der Waals surface area contributed by atoms with Crippen LogP contribution < -0.4 is 0 Å². The van der Waals surface area contributed by atoms with E-state index in [4.69, 9.17) is 23.2 Å². The summed E-state index contributed by atoms with van der Waals surface area (Å²) in [5.74, 6) is 0.652. The topological polar surface area (TPSA) is 71.6 Å². The number of carbonyl (C=O) groups is 2. The summed E-state index contributed by atoms with van der Waals surface area (Å²) >= 11 is 12.1. The lowest BCUT2D eigenvalue weighted by Gasteiger charge is -2.33. The molecular weight excluding hydrogens is 403 g/mol. The molecule has 3 aliphatic rings. The highest BCUT2D eigenvalue weighted by Crippen LogP contribution is 2.27. The molecule has 1 aromatic carbocycles. The van der Waals surface area contributed by atoms with Crippen molar-refractivity contribution in [2.75, 3.05) is 14.1 Å². The number of amidine groups is 1. The average molecular weight is 422 g/mol. The largest absolute Gasteiger partial charge is 0.417 e. The number of aliphatic imine (C=N–C) groups is 1. The van der Waals surface area contributed by atoms with Crippen molar-refractivity contribution in [1.82, 2.24) is 14.8 Å². The Labute approximate surface area is 172 Å². The van der Waals surface area contributed by atoms with E-state index in [1.807, 2.05) is 24.5 Å². The van der Waals surface area contributed by atoms with Crippen LogP contribution in [0, 0.1) is 0 Å². The number of benzene rings is 1. The molecule has 2 atom stereocenters. The van der Waals surface area contributed by atoms with Gasteiger partial charge in [0.1, 0.15) is 12.6 Å². The van der Waals surface area contributed by atoms with Crippen molar-refractivity contribution in [1.29, 1.82) is 0 Å². The van der Waals surface area contributed by atoms with E-state index in [0.717, 1.165) is 16.2 Å². The van der Waals surface area contributed by atoms with Gasteiger partial charge in [0.05, 0.1) is 15.8 Å². The highest BCUT2D eigenvalue weighted by Gasteiger charge is 2.55. The number of carbonyl (C=O) groups excluding carboxylic acids is 2. The molecule has 0 spiro atoms. The maximum absolute atomic E-state index is 12.9. The van der Waals surface area contributed by atoms with E-state index in [9.17, 15) is 9.59 Å². The third kappa shape index (κ3) is 2.70. The van der Waals surface area contributed by atoms with Gasteiger partial charge in [0.25, 0.3) is 5.91 Å². The number of likely N-dealkylation sites (N-methyl/N-ethyl adjacent to an activating group) is 2. The molecule has 0 aromatic heterocycles. The maximum Gasteiger partial charge on any atom is 0.417 e. The summed E-state index contributed by atoms with van der Waals surface area (Å²) in [6.45, 7) is 4.28. The van der Waals surface area contributed by atoms with E-state index in [0.29, 0.717) is 28.4 Å². The van der Waals surface area contributed by atoms with Gasteiger partial charge in [-0.3, -0.25) is 14.6 Å². The zero-order valence-electron chi connectivity index (χ0n) is 15.8. The first-order valence-electron chi connectivity index (χ1n) is 8.76. The summed E-state index contributed by atoms with van der Waals surface area (Å²) in [7, 11) is 3.11. The summed E-state index contributed by atoms with van der Waals surface area (Å²) in [5.41, 5.74) is 1.74. The predicted molar refractivity (Wildman–Crippen MR) is 107 cm³/mol. The van der Waals surface area contributed by atoms with E-state index in [-0.39, 0.29) is 11.9 Å². The predicted octanol–water partition coefficient (Wildman–Crippen LogP) is 2.25. The molecular formula is C18H19Cl2N6O2+. The summed E-state index contributed by atoms with van der Waals surface area (Å²) in [5, 5.41) is 7.33. The van der Waals surface area contributed by atoms with Crippen molar-refractivity contribution in [3.63, 3.8) is 0 Å². The molecule has 0 saturated carbocycles. The molecule has 1 fully saturated rings. The lowest BCUT2D eigenvalue weighted by molar-refractivity contribution is -0.559. The average Bonchev–Trinajstić information content (AvgIpc) is 3.06. The van der Waals surface area contributed by atoms with E-state index >= 15 is 0 Å². The zero-order valence-corrected chi connectivity index (χ0v) is 17.4. The Morgan fingerprint density at radius 3 is 2.54 bits per heavy atom. The summed E-state index contributed by atoms with van der Waals surface area (Å²) in [4.78, 5) is 32.4. The fourth-order valence-electron chi connectivity index (χ4n) is 3.57. The molecule has 3 amide bonds. The fraction of sp³-hybridized carbons (Fsp3) is 0.389. The van der Waals surface area contributed by atoms with Gasteiger partial charge in [-0.25, -0.2) is 9.37 Å². The number of fused-ring (bicyclic) bond motifs is 2. The SMILES string of the molecule is CC1=NN(Cc2ccc(Cl)c(Cl)c2)C2=[N+](C1C)C1C(=O)N(C)C(=O)N(C)C1=N2. The summed E-state index contributed by atoms with van der Waals surface area (Å²) in [6.07, 6.45) is 0. The van der Waals surface area contributed by atoms with Crippen LogP contribution in [0.5, 0.6) is 0 Å². The lowest BCUT2D eigenvalue weighted by atomic mass is 10.1. The van der Waals surface area contributed by atoms with Crippen LogP contribution in [0.15, 0.2) is 28.3 Å². The number of hydrazone groups is 1. The van der Waals surface area contributed by atoms with Crippen LogP contribution in [0.3, 0.4) is 0 Å². The van der Waals surface area contributed by atoms with Crippen LogP contribution in [0.25, 0.3) is 0 Å². The van der Waals surface area contributed by atoms with Gasteiger partial charge >= 0.3 is 12.0 Å². The van der Waals surface area contributed by atoms with Crippen molar-refractivity contribution in [2.45, 2.75) is 32.5 Å². The molecule has 3 aliphatic heterocycles. The molecule has 2 unspecified atom stereocenters. The molecule has 28 heavy (non-hydrogen) atoms. The number of guanidine groups is 1. The fourth-order valence-corrected chi connectivity index (χ4v) is 3.90. The normalized spacial score (nSPS) is 24.4. The summed E-state index contributed by atoms with van der Waals surface area (Å²) < 4.78 is 1.91. The minimum absolute atomic E-state index is 0.134. The molecule has 3 heterocycles. The second-order valence-corrected chi connectivity index (χ2v) is 7.86. The number of imide groups is 1. The third-order valence-electron chi connectivity index (χ3n) is 5.30. The van der Waals surface area contributed by atoms with Gasteiger partial charge in [-0.05, 0) is 31.5 Å². The van der Waals surface area contributed by atoms with Crippen LogP contribution in [0.4, 0.5) is 4.79 Å².